The monoisotopic (exact) mass is 399 g/mol. The van der Waals surface area contributed by atoms with E-state index in [1.54, 1.807) is 6.07 Å². The molecule has 5 nitrogen and oxygen atoms in total. The number of nitrogens with one attached hydrogen (secondary N) is 1. The fourth-order valence-corrected chi connectivity index (χ4v) is 2.43. The second-order valence-electron chi connectivity index (χ2n) is 5.91. The van der Waals surface area contributed by atoms with Gasteiger partial charge in [0, 0.05) is 6.42 Å². The maximum absolute atomic E-state index is 13.3. The Morgan fingerprint density at radius 3 is 2.18 bits per heavy atom. The van der Waals surface area contributed by atoms with Crippen molar-refractivity contribution in [3.8, 4) is 5.75 Å². The molecule has 0 aromatic heterocycles. The molecule has 0 saturated carbocycles. The summed E-state index contributed by atoms with van der Waals surface area (Å²) in [5, 5.41) is 11.3. The fourth-order valence-electron chi connectivity index (χ4n) is 2.43. The van der Waals surface area contributed by atoms with Gasteiger partial charge >= 0.3 is 12.1 Å². The van der Waals surface area contributed by atoms with E-state index in [-0.39, 0.29) is 11.3 Å². The molecular weight excluding hydrogens is 382 g/mol. The van der Waals surface area contributed by atoms with E-state index in [0.717, 1.165) is 12.1 Å². The lowest BCUT2D eigenvalue weighted by molar-refractivity contribution is -0.157. The molecule has 2 aromatic carbocycles. The van der Waals surface area contributed by atoms with Crippen molar-refractivity contribution in [1.82, 2.24) is 5.32 Å². The van der Waals surface area contributed by atoms with Crippen LogP contribution in [0.4, 0.5) is 17.6 Å². The fraction of sp³-hybridized carbons (Fsp3) is 0.263. The Hall–Kier alpha value is -3.10. The molecule has 0 radical (unpaired) electrons. The van der Waals surface area contributed by atoms with E-state index in [0.29, 0.717) is 0 Å². The summed E-state index contributed by atoms with van der Waals surface area (Å²) >= 11 is 0. The highest BCUT2D eigenvalue weighted by atomic mass is 19.4. The number of rotatable bonds is 8. The largest absolute Gasteiger partial charge is 0.478 e. The summed E-state index contributed by atoms with van der Waals surface area (Å²) in [4.78, 5) is 23.2. The van der Waals surface area contributed by atoms with E-state index >= 15 is 0 Å². The molecule has 150 valence electrons. The predicted octanol–water partition coefficient (Wildman–Crippen LogP) is 3.51. The van der Waals surface area contributed by atoms with Crippen molar-refractivity contribution in [2.45, 2.75) is 24.6 Å². The molecular formula is C19H17F4NO4. The maximum Gasteiger partial charge on any atom is 0.396 e. The van der Waals surface area contributed by atoms with Crippen LogP contribution in [-0.2, 0) is 9.59 Å². The number of ether oxygens (including phenoxy) is 1. The molecule has 2 N–H and O–H groups in total. The summed E-state index contributed by atoms with van der Waals surface area (Å²) in [5.41, 5.74) is -0.0671. The lowest BCUT2D eigenvalue weighted by Gasteiger charge is -2.21. The van der Waals surface area contributed by atoms with Crippen LogP contribution >= 0.6 is 0 Å². The van der Waals surface area contributed by atoms with Gasteiger partial charge in [0.25, 0.3) is 0 Å². The first-order valence-electron chi connectivity index (χ1n) is 8.20. The molecule has 0 aliphatic rings. The Balaban J connectivity index is 1.99. The maximum atomic E-state index is 13.3. The zero-order chi connectivity index (χ0) is 20.7. The number of amides is 1. The number of benzene rings is 2. The number of hydrogen-bond acceptors (Lipinski definition) is 3. The Morgan fingerprint density at radius 2 is 1.64 bits per heavy atom. The standard InChI is InChI=1S/C19H17F4NO4/c20-13-6-8-14(9-7-13)28-16(18(26)27)11-24-17(25)10-15(19(21,22)23)12-4-2-1-3-5-12/h1-9,15-16H,10-11H2,(H,24,25)(H,26,27). The third kappa shape index (κ3) is 6.26. The molecule has 2 rings (SSSR count). The van der Waals surface area contributed by atoms with Crippen LogP contribution in [0.3, 0.4) is 0 Å². The average molecular weight is 399 g/mol. The Kier molecular flexibility index (Phi) is 6.97. The molecule has 2 unspecified atom stereocenters. The van der Waals surface area contributed by atoms with Gasteiger partial charge in [0.1, 0.15) is 11.6 Å². The van der Waals surface area contributed by atoms with Crippen molar-refractivity contribution in [1.29, 1.82) is 0 Å². The smallest absolute Gasteiger partial charge is 0.396 e. The first-order chi connectivity index (χ1) is 13.2. The van der Waals surface area contributed by atoms with Gasteiger partial charge in [-0.1, -0.05) is 30.3 Å². The lowest BCUT2D eigenvalue weighted by Crippen LogP contribution is -2.41. The molecule has 1 amide bonds. The zero-order valence-corrected chi connectivity index (χ0v) is 14.4. The van der Waals surface area contributed by atoms with Crippen molar-refractivity contribution < 1.29 is 37.0 Å². The first kappa shape index (κ1) is 21.2. The van der Waals surface area contributed by atoms with Crippen molar-refractivity contribution in [3.05, 3.63) is 66.0 Å². The van der Waals surface area contributed by atoms with Crippen LogP contribution in [0.2, 0.25) is 0 Å². The van der Waals surface area contributed by atoms with Crippen molar-refractivity contribution in [3.63, 3.8) is 0 Å². The quantitative estimate of drug-likeness (QED) is 0.667. The van der Waals surface area contributed by atoms with E-state index in [2.05, 4.69) is 5.32 Å². The van der Waals surface area contributed by atoms with Gasteiger partial charge in [0.2, 0.25) is 12.0 Å². The van der Waals surface area contributed by atoms with E-state index in [1.807, 2.05) is 0 Å². The minimum Gasteiger partial charge on any atom is -0.478 e. The van der Waals surface area contributed by atoms with Gasteiger partial charge in [-0.2, -0.15) is 13.2 Å². The predicted molar refractivity (Wildman–Crippen MR) is 91.3 cm³/mol. The van der Waals surface area contributed by atoms with E-state index < -0.39 is 48.9 Å². The van der Waals surface area contributed by atoms with Crippen LogP contribution in [0.5, 0.6) is 5.75 Å². The third-order valence-corrected chi connectivity index (χ3v) is 3.84. The molecule has 2 atom stereocenters. The topological polar surface area (TPSA) is 75.6 Å². The number of halogens is 4. The van der Waals surface area contributed by atoms with E-state index in [1.165, 1.54) is 36.4 Å². The summed E-state index contributed by atoms with van der Waals surface area (Å²) in [5.74, 6) is -4.93. The van der Waals surface area contributed by atoms with Crippen LogP contribution in [0, 0.1) is 5.82 Å². The first-order valence-corrected chi connectivity index (χ1v) is 8.20. The number of carboxylic acid groups (broad SMARTS) is 1. The van der Waals surface area contributed by atoms with Gasteiger partial charge in [-0.25, -0.2) is 9.18 Å². The van der Waals surface area contributed by atoms with Gasteiger partial charge in [-0.05, 0) is 29.8 Å². The van der Waals surface area contributed by atoms with Crippen LogP contribution in [0.1, 0.15) is 17.9 Å². The normalized spacial score (nSPS) is 13.4. The second kappa shape index (κ2) is 9.20. The third-order valence-electron chi connectivity index (χ3n) is 3.84. The number of hydrogen-bond donors (Lipinski definition) is 2. The molecule has 0 heterocycles. The number of aliphatic carboxylic acids is 1. The highest BCUT2D eigenvalue weighted by Gasteiger charge is 2.41. The minimum absolute atomic E-state index is 0.0421. The van der Waals surface area contributed by atoms with Gasteiger partial charge in [0.05, 0.1) is 12.5 Å². The van der Waals surface area contributed by atoms with E-state index in [9.17, 15) is 27.2 Å². The number of carbonyl (C=O) groups excluding carboxylic acids is 1. The van der Waals surface area contributed by atoms with Crippen molar-refractivity contribution in [2.75, 3.05) is 6.54 Å². The summed E-state index contributed by atoms with van der Waals surface area (Å²) < 4.78 is 57.9. The molecule has 0 fully saturated rings. The van der Waals surface area contributed by atoms with Crippen LogP contribution < -0.4 is 10.1 Å². The summed E-state index contributed by atoms with van der Waals surface area (Å²) in [6.45, 7) is -0.551. The number of carbonyl (C=O) groups is 2. The Morgan fingerprint density at radius 1 is 1.04 bits per heavy atom. The SMILES string of the molecule is O=C(CC(c1ccccc1)C(F)(F)F)NCC(Oc1ccc(F)cc1)C(=O)O. The molecule has 28 heavy (non-hydrogen) atoms. The van der Waals surface area contributed by atoms with Gasteiger partial charge < -0.3 is 15.2 Å². The van der Waals surface area contributed by atoms with E-state index in [4.69, 9.17) is 9.84 Å². The number of alkyl halides is 3. The summed E-state index contributed by atoms with van der Waals surface area (Å²) in [6, 6.07) is 11.5. The molecule has 0 bridgehead atoms. The van der Waals surface area contributed by atoms with Crippen molar-refractivity contribution >= 4 is 11.9 Å². The lowest BCUT2D eigenvalue weighted by atomic mass is 9.95. The Labute approximate surface area is 157 Å². The molecule has 2 aromatic rings. The average Bonchev–Trinajstić information content (AvgIpc) is 2.64. The van der Waals surface area contributed by atoms with Crippen LogP contribution in [0.15, 0.2) is 54.6 Å². The van der Waals surface area contributed by atoms with Gasteiger partial charge in [0.15, 0.2) is 0 Å². The molecule has 0 saturated heterocycles. The summed E-state index contributed by atoms with van der Waals surface area (Å²) in [6.07, 6.45) is -7.08. The molecule has 0 spiro atoms. The zero-order valence-electron chi connectivity index (χ0n) is 14.4. The molecule has 0 aliphatic carbocycles. The minimum atomic E-state index is -4.64. The van der Waals surface area contributed by atoms with Gasteiger partial charge in [-0.15, -0.1) is 0 Å². The van der Waals surface area contributed by atoms with Gasteiger partial charge in [-0.3, -0.25) is 4.79 Å². The van der Waals surface area contributed by atoms with Crippen molar-refractivity contribution in [2.24, 2.45) is 0 Å². The highest BCUT2D eigenvalue weighted by molar-refractivity contribution is 5.79. The second-order valence-corrected chi connectivity index (χ2v) is 5.91. The molecule has 9 heteroatoms. The summed E-state index contributed by atoms with van der Waals surface area (Å²) in [7, 11) is 0. The van der Waals surface area contributed by atoms with Crippen LogP contribution in [-0.4, -0.2) is 35.8 Å². The Bertz CT molecular complexity index is 794. The number of carboxylic acids is 1. The highest BCUT2D eigenvalue weighted by Crippen LogP contribution is 2.37. The van der Waals surface area contributed by atoms with Crippen LogP contribution in [0.25, 0.3) is 0 Å². The molecule has 0 aliphatic heterocycles.